The van der Waals surface area contributed by atoms with Crippen LogP contribution in [0.5, 0.6) is 0 Å². The molecule has 0 radical (unpaired) electrons. The minimum Gasteiger partial charge on any atom is -0.480 e. The first kappa shape index (κ1) is 14.3. The standard InChI is InChI=1S/C8H18N2O4S/c1-7(2)5-10(6-8(11)12)3-4-15(9,13)14/h7H,3-6H2,1-2H3,(H,11,12)(H2,9,13,14). The van der Waals surface area contributed by atoms with E-state index in [1.165, 1.54) is 0 Å². The predicted octanol–water partition coefficient (Wildman–Crippen LogP) is -0.682. The van der Waals surface area contributed by atoms with Gasteiger partial charge >= 0.3 is 5.97 Å². The third-order valence-corrected chi connectivity index (χ3v) is 2.43. The summed E-state index contributed by atoms with van der Waals surface area (Å²) < 4.78 is 21.4. The minimum atomic E-state index is -3.53. The lowest BCUT2D eigenvalue weighted by Gasteiger charge is -2.21. The van der Waals surface area contributed by atoms with Gasteiger partial charge in [-0.1, -0.05) is 13.8 Å². The Bertz CT molecular complexity index is 300. The van der Waals surface area contributed by atoms with Crippen molar-refractivity contribution in [2.75, 3.05) is 25.4 Å². The van der Waals surface area contributed by atoms with Crippen LogP contribution in [-0.2, 0) is 14.8 Å². The second-order valence-corrected chi connectivity index (χ2v) is 5.62. The van der Waals surface area contributed by atoms with Crippen LogP contribution in [0.25, 0.3) is 0 Å². The van der Waals surface area contributed by atoms with Crippen molar-refractivity contribution >= 4 is 16.0 Å². The zero-order valence-corrected chi connectivity index (χ0v) is 9.83. The van der Waals surface area contributed by atoms with E-state index in [1.807, 2.05) is 13.8 Å². The molecule has 0 aliphatic rings. The summed E-state index contributed by atoms with van der Waals surface area (Å²) >= 11 is 0. The van der Waals surface area contributed by atoms with Crippen molar-refractivity contribution in [2.24, 2.45) is 11.1 Å². The summed E-state index contributed by atoms with van der Waals surface area (Å²) in [7, 11) is -3.53. The van der Waals surface area contributed by atoms with Gasteiger partial charge in [-0.05, 0) is 5.92 Å². The first-order valence-electron chi connectivity index (χ1n) is 4.65. The molecule has 0 amide bonds. The number of nitrogens with zero attached hydrogens (tertiary/aromatic N) is 1. The summed E-state index contributed by atoms with van der Waals surface area (Å²) in [5.41, 5.74) is 0. The van der Waals surface area contributed by atoms with Gasteiger partial charge in [0.1, 0.15) is 0 Å². The summed E-state index contributed by atoms with van der Waals surface area (Å²) in [5, 5.41) is 13.4. The number of hydrogen-bond acceptors (Lipinski definition) is 4. The molecule has 15 heavy (non-hydrogen) atoms. The molecule has 6 nitrogen and oxygen atoms in total. The maximum atomic E-state index is 10.7. The fourth-order valence-corrected chi connectivity index (χ4v) is 1.71. The Morgan fingerprint density at radius 3 is 2.33 bits per heavy atom. The maximum Gasteiger partial charge on any atom is 0.317 e. The Hall–Kier alpha value is -0.660. The molecule has 0 aromatic heterocycles. The monoisotopic (exact) mass is 238 g/mol. The SMILES string of the molecule is CC(C)CN(CCS(N)(=O)=O)CC(=O)O. The van der Waals surface area contributed by atoms with Gasteiger partial charge in [0.05, 0.1) is 12.3 Å². The van der Waals surface area contributed by atoms with Crippen LogP contribution in [0.15, 0.2) is 0 Å². The highest BCUT2D eigenvalue weighted by Crippen LogP contribution is 1.98. The number of carbonyl (C=O) groups is 1. The number of carboxylic acids is 1. The highest BCUT2D eigenvalue weighted by Gasteiger charge is 2.13. The average Bonchev–Trinajstić information content (AvgIpc) is 1.96. The van der Waals surface area contributed by atoms with E-state index in [2.05, 4.69) is 0 Å². The zero-order valence-electron chi connectivity index (χ0n) is 9.01. The molecule has 0 heterocycles. The Morgan fingerprint density at radius 1 is 1.47 bits per heavy atom. The van der Waals surface area contributed by atoms with E-state index in [4.69, 9.17) is 10.2 Å². The molecule has 90 valence electrons. The van der Waals surface area contributed by atoms with Crippen molar-refractivity contribution < 1.29 is 18.3 Å². The first-order valence-corrected chi connectivity index (χ1v) is 6.37. The molecule has 0 saturated carbocycles. The quantitative estimate of drug-likeness (QED) is 0.612. The van der Waals surface area contributed by atoms with Gasteiger partial charge in [-0.25, -0.2) is 13.6 Å². The van der Waals surface area contributed by atoms with Gasteiger partial charge in [0.15, 0.2) is 0 Å². The second kappa shape index (κ2) is 6.04. The number of aliphatic carboxylic acids is 1. The molecule has 0 fully saturated rings. The fraction of sp³-hybridized carbons (Fsp3) is 0.875. The Labute approximate surface area is 90.1 Å². The summed E-state index contributed by atoms with van der Waals surface area (Å²) in [5.74, 6) is -0.901. The molecule has 0 aromatic carbocycles. The van der Waals surface area contributed by atoms with E-state index in [0.29, 0.717) is 6.54 Å². The van der Waals surface area contributed by atoms with E-state index >= 15 is 0 Å². The van der Waals surface area contributed by atoms with Crippen LogP contribution in [0.4, 0.5) is 0 Å². The molecule has 0 bridgehead atoms. The van der Waals surface area contributed by atoms with Gasteiger partial charge in [-0.3, -0.25) is 9.69 Å². The van der Waals surface area contributed by atoms with Crippen LogP contribution < -0.4 is 5.14 Å². The van der Waals surface area contributed by atoms with Gasteiger partial charge in [0, 0.05) is 13.1 Å². The smallest absolute Gasteiger partial charge is 0.317 e. The number of hydrogen-bond donors (Lipinski definition) is 2. The predicted molar refractivity (Wildman–Crippen MR) is 56.9 cm³/mol. The molecule has 0 unspecified atom stereocenters. The van der Waals surface area contributed by atoms with Gasteiger partial charge < -0.3 is 5.11 Å². The van der Waals surface area contributed by atoms with Gasteiger partial charge in [0.25, 0.3) is 0 Å². The number of rotatable bonds is 7. The third kappa shape index (κ3) is 9.64. The number of primary sulfonamides is 1. The topological polar surface area (TPSA) is 101 Å². The van der Waals surface area contributed by atoms with Crippen LogP contribution in [0.2, 0.25) is 0 Å². The van der Waals surface area contributed by atoms with Crippen LogP contribution in [0.1, 0.15) is 13.8 Å². The lowest BCUT2D eigenvalue weighted by Crippen LogP contribution is -2.37. The summed E-state index contributed by atoms with van der Waals surface area (Å²) in [4.78, 5) is 12.1. The van der Waals surface area contributed by atoms with E-state index in [1.54, 1.807) is 4.90 Å². The molecule has 0 spiro atoms. The van der Waals surface area contributed by atoms with E-state index in [-0.39, 0.29) is 24.8 Å². The minimum absolute atomic E-state index is 0.156. The number of sulfonamides is 1. The molecule has 0 atom stereocenters. The van der Waals surface area contributed by atoms with Crippen LogP contribution in [-0.4, -0.2) is 49.8 Å². The first-order chi connectivity index (χ1) is 6.70. The lowest BCUT2D eigenvalue weighted by atomic mass is 10.2. The Morgan fingerprint density at radius 2 is 2.00 bits per heavy atom. The molecule has 0 rings (SSSR count). The zero-order chi connectivity index (χ0) is 12.1. The average molecular weight is 238 g/mol. The van der Waals surface area contributed by atoms with Crippen molar-refractivity contribution in [2.45, 2.75) is 13.8 Å². The maximum absolute atomic E-state index is 10.7. The summed E-state index contributed by atoms with van der Waals surface area (Å²) in [6.07, 6.45) is 0. The normalized spacial score (nSPS) is 12.3. The summed E-state index contributed by atoms with van der Waals surface area (Å²) in [6, 6.07) is 0. The number of nitrogens with two attached hydrogens (primary N) is 1. The van der Waals surface area contributed by atoms with Gasteiger partial charge in [-0.15, -0.1) is 0 Å². The fourth-order valence-electron chi connectivity index (χ4n) is 1.20. The number of carboxylic acid groups (broad SMARTS) is 1. The van der Waals surface area contributed by atoms with Crippen LogP contribution in [0.3, 0.4) is 0 Å². The highest BCUT2D eigenvalue weighted by atomic mass is 32.2. The Kier molecular flexibility index (Phi) is 5.77. The lowest BCUT2D eigenvalue weighted by molar-refractivity contribution is -0.138. The molecule has 0 aliphatic heterocycles. The van der Waals surface area contributed by atoms with E-state index in [0.717, 1.165) is 0 Å². The van der Waals surface area contributed by atoms with Crippen LogP contribution >= 0.6 is 0 Å². The highest BCUT2D eigenvalue weighted by molar-refractivity contribution is 7.89. The molecule has 0 aliphatic carbocycles. The molecular weight excluding hydrogens is 220 g/mol. The molecular formula is C8H18N2O4S. The Balaban J connectivity index is 4.18. The molecule has 3 N–H and O–H groups in total. The summed E-state index contributed by atoms with van der Waals surface area (Å²) in [6.45, 7) is 4.41. The van der Waals surface area contributed by atoms with E-state index in [9.17, 15) is 13.2 Å². The second-order valence-electron chi connectivity index (χ2n) is 3.89. The van der Waals surface area contributed by atoms with Crippen molar-refractivity contribution in [3.63, 3.8) is 0 Å². The van der Waals surface area contributed by atoms with Crippen molar-refractivity contribution in [3.8, 4) is 0 Å². The molecule has 0 aromatic rings. The van der Waals surface area contributed by atoms with Crippen LogP contribution in [0, 0.1) is 5.92 Å². The van der Waals surface area contributed by atoms with Crippen molar-refractivity contribution in [1.29, 1.82) is 0 Å². The molecule has 7 heteroatoms. The van der Waals surface area contributed by atoms with Gasteiger partial charge in [0.2, 0.25) is 10.0 Å². The van der Waals surface area contributed by atoms with Crippen molar-refractivity contribution in [1.82, 2.24) is 4.90 Å². The van der Waals surface area contributed by atoms with Gasteiger partial charge in [-0.2, -0.15) is 0 Å². The molecule has 0 saturated heterocycles. The largest absolute Gasteiger partial charge is 0.480 e. The third-order valence-electron chi connectivity index (χ3n) is 1.67. The van der Waals surface area contributed by atoms with E-state index < -0.39 is 16.0 Å². The van der Waals surface area contributed by atoms with Crippen molar-refractivity contribution in [3.05, 3.63) is 0 Å².